The summed E-state index contributed by atoms with van der Waals surface area (Å²) in [5.41, 5.74) is -0.0304. The Labute approximate surface area is 116 Å². The van der Waals surface area contributed by atoms with Crippen molar-refractivity contribution >= 4 is 17.4 Å². The van der Waals surface area contributed by atoms with Crippen LogP contribution in [-0.4, -0.2) is 24.1 Å². The van der Waals surface area contributed by atoms with E-state index in [1.54, 1.807) is 6.07 Å². The molecule has 0 unspecified atom stereocenters. The smallest absolute Gasteiger partial charge is 0.319 e. The molecule has 1 saturated carbocycles. The fourth-order valence-corrected chi connectivity index (χ4v) is 2.31. The Hall–Kier alpha value is -2.31. The molecule has 20 heavy (non-hydrogen) atoms. The molecule has 0 radical (unpaired) electrons. The zero-order valence-corrected chi connectivity index (χ0v) is 11.2. The third-order valence-electron chi connectivity index (χ3n) is 3.34. The summed E-state index contributed by atoms with van der Waals surface area (Å²) in [6.45, 7) is 0. The SMILES string of the molecule is COc1ccc(NC(=O)NC2CCCC2)c([N+](=O)[O-])c1. The van der Waals surface area contributed by atoms with Crippen molar-refractivity contribution in [2.75, 3.05) is 12.4 Å². The molecule has 1 aromatic rings. The maximum Gasteiger partial charge on any atom is 0.319 e. The van der Waals surface area contributed by atoms with Crippen LogP contribution in [0.25, 0.3) is 0 Å². The van der Waals surface area contributed by atoms with Crippen molar-refractivity contribution in [3.8, 4) is 5.75 Å². The first-order chi connectivity index (χ1) is 9.60. The molecule has 2 amide bonds. The molecular formula is C13H17N3O4. The zero-order chi connectivity index (χ0) is 14.5. The number of hydrogen-bond donors (Lipinski definition) is 2. The minimum atomic E-state index is -0.548. The van der Waals surface area contributed by atoms with E-state index in [-0.39, 0.29) is 17.4 Å². The number of nitro benzene ring substituents is 1. The van der Waals surface area contributed by atoms with Crippen molar-refractivity contribution in [2.45, 2.75) is 31.7 Å². The lowest BCUT2D eigenvalue weighted by molar-refractivity contribution is -0.384. The molecule has 0 aromatic heterocycles. The van der Waals surface area contributed by atoms with Gasteiger partial charge in [-0.3, -0.25) is 10.1 Å². The molecule has 0 aliphatic heterocycles. The van der Waals surface area contributed by atoms with Gasteiger partial charge in [0.05, 0.1) is 18.1 Å². The normalized spacial score (nSPS) is 14.8. The van der Waals surface area contributed by atoms with Crippen molar-refractivity contribution in [1.82, 2.24) is 5.32 Å². The molecule has 1 aromatic carbocycles. The summed E-state index contributed by atoms with van der Waals surface area (Å²) in [6, 6.07) is 4.06. The number of ether oxygens (including phenoxy) is 1. The van der Waals surface area contributed by atoms with Crippen LogP contribution in [0.3, 0.4) is 0 Å². The predicted octanol–water partition coefficient (Wildman–Crippen LogP) is 2.67. The van der Waals surface area contributed by atoms with Crippen LogP contribution in [-0.2, 0) is 0 Å². The lowest BCUT2D eigenvalue weighted by Gasteiger charge is -2.13. The van der Waals surface area contributed by atoms with Crippen molar-refractivity contribution < 1.29 is 14.5 Å². The molecule has 2 N–H and O–H groups in total. The second kappa shape index (κ2) is 6.23. The second-order valence-electron chi connectivity index (χ2n) is 4.72. The van der Waals surface area contributed by atoms with Crippen LogP contribution in [0, 0.1) is 10.1 Å². The summed E-state index contributed by atoms with van der Waals surface area (Å²) in [7, 11) is 1.43. The van der Waals surface area contributed by atoms with Gasteiger partial charge in [-0.25, -0.2) is 4.79 Å². The summed E-state index contributed by atoms with van der Waals surface area (Å²) in [5, 5.41) is 16.3. The Morgan fingerprint density at radius 1 is 1.40 bits per heavy atom. The van der Waals surface area contributed by atoms with E-state index in [2.05, 4.69) is 10.6 Å². The standard InChI is InChI=1S/C13H17N3O4/c1-20-10-6-7-11(12(8-10)16(18)19)15-13(17)14-9-4-2-3-5-9/h6-9H,2-5H2,1H3,(H2,14,15,17). The van der Waals surface area contributed by atoms with Crippen molar-refractivity contribution in [2.24, 2.45) is 0 Å². The average Bonchev–Trinajstić information content (AvgIpc) is 2.91. The van der Waals surface area contributed by atoms with Crippen molar-refractivity contribution in [3.63, 3.8) is 0 Å². The molecule has 2 rings (SSSR count). The highest BCUT2D eigenvalue weighted by atomic mass is 16.6. The lowest BCUT2D eigenvalue weighted by Crippen LogP contribution is -2.36. The van der Waals surface area contributed by atoms with Gasteiger partial charge in [0.25, 0.3) is 5.69 Å². The van der Waals surface area contributed by atoms with Gasteiger partial charge in [-0.05, 0) is 25.0 Å². The topological polar surface area (TPSA) is 93.5 Å². The van der Waals surface area contributed by atoms with E-state index in [0.29, 0.717) is 5.75 Å². The molecule has 1 aliphatic carbocycles. The highest BCUT2D eigenvalue weighted by molar-refractivity contribution is 5.92. The predicted molar refractivity (Wildman–Crippen MR) is 74.1 cm³/mol. The number of nitrogens with one attached hydrogen (secondary N) is 2. The molecule has 1 aliphatic rings. The van der Waals surface area contributed by atoms with Crippen LogP contribution < -0.4 is 15.4 Å². The molecule has 7 nitrogen and oxygen atoms in total. The number of nitro groups is 1. The summed E-state index contributed by atoms with van der Waals surface area (Å²) in [5.74, 6) is 0.374. The minimum absolute atomic E-state index is 0.159. The van der Waals surface area contributed by atoms with Gasteiger partial charge in [0.2, 0.25) is 0 Å². The third kappa shape index (κ3) is 3.37. The van der Waals surface area contributed by atoms with E-state index in [4.69, 9.17) is 4.74 Å². The fourth-order valence-electron chi connectivity index (χ4n) is 2.31. The maximum atomic E-state index is 11.8. The van der Waals surface area contributed by atoms with Gasteiger partial charge in [0, 0.05) is 6.04 Å². The van der Waals surface area contributed by atoms with Crippen LogP contribution >= 0.6 is 0 Å². The van der Waals surface area contributed by atoms with Gasteiger partial charge in [0.1, 0.15) is 11.4 Å². The molecule has 0 atom stereocenters. The monoisotopic (exact) mass is 279 g/mol. The number of amides is 2. The van der Waals surface area contributed by atoms with E-state index in [0.717, 1.165) is 25.7 Å². The highest BCUT2D eigenvalue weighted by Crippen LogP contribution is 2.29. The van der Waals surface area contributed by atoms with E-state index < -0.39 is 11.0 Å². The van der Waals surface area contributed by atoms with Gasteiger partial charge in [-0.15, -0.1) is 0 Å². The van der Waals surface area contributed by atoms with Gasteiger partial charge < -0.3 is 15.4 Å². The van der Waals surface area contributed by atoms with Gasteiger partial charge >= 0.3 is 6.03 Å². The van der Waals surface area contributed by atoms with Crippen LogP contribution in [0.1, 0.15) is 25.7 Å². The largest absolute Gasteiger partial charge is 0.496 e. The summed E-state index contributed by atoms with van der Waals surface area (Å²) < 4.78 is 4.94. The fraction of sp³-hybridized carbons (Fsp3) is 0.462. The van der Waals surface area contributed by atoms with Gasteiger partial charge in [0.15, 0.2) is 0 Å². The Kier molecular flexibility index (Phi) is 4.39. The Bertz CT molecular complexity index is 512. The number of urea groups is 1. The third-order valence-corrected chi connectivity index (χ3v) is 3.34. The van der Waals surface area contributed by atoms with Crippen LogP contribution in [0.2, 0.25) is 0 Å². The van der Waals surface area contributed by atoms with Crippen LogP contribution in [0.4, 0.5) is 16.2 Å². The maximum absolute atomic E-state index is 11.8. The second-order valence-corrected chi connectivity index (χ2v) is 4.72. The number of rotatable bonds is 4. The number of benzene rings is 1. The van der Waals surface area contributed by atoms with Crippen LogP contribution in [0.15, 0.2) is 18.2 Å². The van der Waals surface area contributed by atoms with E-state index >= 15 is 0 Å². The van der Waals surface area contributed by atoms with Crippen molar-refractivity contribution in [1.29, 1.82) is 0 Å². The Morgan fingerprint density at radius 3 is 2.70 bits per heavy atom. The molecule has 7 heteroatoms. The molecule has 108 valence electrons. The first-order valence-corrected chi connectivity index (χ1v) is 6.50. The molecule has 1 fully saturated rings. The van der Waals surface area contributed by atoms with E-state index in [1.807, 2.05) is 0 Å². The number of carbonyl (C=O) groups is 1. The van der Waals surface area contributed by atoms with Gasteiger partial charge in [-0.1, -0.05) is 12.8 Å². The van der Waals surface area contributed by atoms with E-state index in [1.165, 1.54) is 19.2 Å². The minimum Gasteiger partial charge on any atom is -0.496 e. The molecular weight excluding hydrogens is 262 g/mol. The zero-order valence-electron chi connectivity index (χ0n) is 11.2. The highest BCUT2D eigenvalue weighted by Gasteiger charge is 2.20. The summed E-state index contributed by atoms with van der Waals surface area (Å²) >= 11 is 0. The lowest BCUT2D eigenvalue weighted by atomic mass is 10.2. The number of methoxy groups -OCH3 is 1. The van der Waals surface area contributed by atoms with E-state index in [9.17, 15) is 14.9 Å². The average molecular weight is 279 g/mol. The van der Waals surface area contributed by atoms with Gasteiger partial charge in [-0.2, -0.15) is 0 Å². The Balaban J connectivity index is 2.07. The van der Waals surface area contributed by atoms with Crippen molar-refractivity contribution in [3.05, 3.63) is 28.3 Å². The number of carbonyl (C=O) groups excluding carboxylic acids is 1. The Morgan fingerprint density at radius 2 is 2.10 bits per heavy atom. The molecule has 0 saturated heterocycles. The van der Waals surface area contributed by atoms with Crippen LogP contribution in [0.5, 0.6) is 5.75 Å². The quantitative estimate of drug-likeness (QED) is 0.654. The first kappa shape index (κ1) is 14.1. The first-order valence-electron chi connectivity index (χ1n) is 6.50. The molecule has 0 spiro atoms. The number of anilines is 1. The summed E-state index contributed by atoms with van der Waals surface area (Å²) in [4.78, 5) is 22.3. The molecule has 0 bridgehead atoms. The number of hydrogen-bond acceptors (Lipinski definition) is 4. The number of nitrogens with zero attached hydrogens (tertiary/aromatic N) is 1. The molecule has 0 heterocycles. The summed E-state index contributed by atoms with van der Waals surface area (Å²) in [6.07, 6.45) is 4.12.